The van der Waals surface area contributed by atoms with E-state index in [0.29, 0.717) is 17.9 Å². The van der Waals surface area contributed by atoms with E-state index in [9.17, 15) is 4.79 Å². The summed E-state index contributed by atoms with van der Waals surface area (Å²) in [6, 6.07) is 0.593. The zero-order chi connectivity index (χ0) is 7.42. The highest BCUT2D eigenvalue weighted by Crippen LogP contribution is 2.48. The molecule has 2 heteroatoms. The van der Waals surface area contributed by atoms with Gasteiger partial charge in [0.25, 0.3) is 0 Å². The second-order valence-corrected chi connectivity index (χ2v) is 4.24. The van der Waals surface area contributed by atoms with Gasteiger partial charge < -0.3 is 5.32 Å². The van der Waals surface area contributed by atoms with E-state index in [-0.39, 0.29) is 0 Å². The van der Waals surface area contributed by atoms with E-state index in [2.05, 4.69) is 5.32 Å². The monoisotopic (exact) mass is 151 g/mol. The van der Waals surface area contributed by atoms with E-state index >= 15 is 0 Å². The van der Waals surface area contributed by atoms with Crippen LogP contribution in [0.2, 0.25) is 0 Å². The predicted molar refractivity (Wildman–Crippen MR) is 40.9 cm³/mol. The lowest BCUT2D eigenvalue weighted by molar-refractivity contribution is -0.136. The SMILES string of the molecule is O=C1N[C@@H](C2CC2)[C@H]1C1CC1. The van der Waals surface area contributed by atoms with Crippen LogP contribution < -0.4 is 5.32 Å². The maximum absolute atomic E-state index is 11.1. The Balaban J connectivity index is 1.71. The second kappa shape index (κ2) is 1.79. The number of nitrogens with one attached hydrogen (secondary N) is 1. The summed E-state index contributed by atoms with van der Waals surface area (Å²) in [5.74, 6) is 2.40. The molecule has 2 aliphatic carbocycles. The van der Waals surface area contributed by atoms with E-state index in [4.69, 9.17) is 0 Å². The molecule has 1 aliphatic heterocycles. The average Bonchev–Trinajstić information content (AvgIpc) is 2.75. The average molecular weight is 151 g/mol. The highest BCUT2D eigenvalue weighted by Gasteiger charge is 2.53. The lowest BCUT2D eigenvalue weighted by Crippen LogP contribution is -2.60. The van der Waals surface area contributed by atoms with Gasteiger partial charge in [-0.1, -0.05) is 0 Å². The fourth-order valence-electron chi connectivity index (χ4n) is 2.25. The normalized spacial score (nSPS) is 43.1. The van der Waals surface area contributed by atoms with E-state index in [1.807, 2.05) is 0 Å². The van der Waals surface area contributed by atoms with E-state index in [1.54, 1.807) is 0 Å². The molecular weight excluding hydrogens is 138 g/mol. The van der Waals surface area contributed by atoms with Crippen LogP contribution in [0.4, 0.5) is 0 Å². The molecule has 11 heavy (non-hydrogen) atoms. The molecule has 0 radical (unpaired) electrons. The zero-order valence-electron chi connectivity index (χ0n) is 6.55. The van der Waals surface area contributed by atoms with Crippen LogP contribution in [-0.2, 0) is 4.79 Å². The van der Waals surface area contributed by atoms with Crippen LogP contribution in [0.1, 0.15) is 25.7 Å². The number of hydrogen-bond acceptors (Lipinski definition) is 1. The van der Waals surface area contributed by atoms with Gasteiger partial charge in [0, 0.05) is 6.04 Å². The third kappa shape index (κ3) is 0.815. The van der Waals surface area contributed by atoms with Gasteiger partial charge >= 0.3 is 0 Å². The van der Waals surface area contributed by atoms with Crippen LogP contribution in [0.25, 0.3) is 0 Å². The Hall–Kier alpha value is -0.530. The number of amides is 1. The number of β-lactam (4-membered cyclic amide) rings is 1. The van der Waals surface area contributed by atoms with Crippen LogP contribution >= 0.6 is 0 Å². The van der Waals surface area contributed by atoms with Crippen molar-refractivity contribution in [1.29, 1.82) is 0 Å². The Morgan fingerprint density at radius 2 is 1.73 bits per heavy atom. The fraction of sp³-hybridized carbons (Fsp3) is 0.889. The number of carbonyl (C=O) groups excluding carboxylic acids is 1. The molecule has 1 heterocycles. The van der Waals surface area contributed by atoms with Crippen molar-refractivity contribution in [2.75, 3.05) is 0 Å². The summed E-state index contributed by atoms with van der Waals surface area (Å²) < 4.78 is 0. The molecule has 60 valence electrons. The molecule has 0 aromatic rings. The van der Waals surface area contributed by atoms with Crippen LogP contribution in [0.5, 0.6) is 0 Å². The van der Waals surface area contributed by atoms with Crippen LogP contribution in [0, 0.1) is 17.8 Å². The summed E-state index contributed by atoms with van der Waals surface area (Å²) in [5.41, 5.74) is 0. The third-order valence-electron chi connectivity index (χ3n) is 3.26. The lowest BCUT2D eigenvalue weighted by Gasteiger charge is -2.37. The summed E-state index contributed by atoms with van der Waals surface area (Å²) >= 11 is 0. The molecule has 1 N–H and O–H groups in total. The molecule has 0 unspecified atom stereocenters. The maximum atomic E-state index is 11.1. The first-order valence-corrected chi connectivity index (χ1v) is 4.66. The smallest absolute Gasteiger partial charge is 0.225 e. The predicted octanol–water partition coefficient (Wildman–Crippen LogP) is 0.921. The molecule has 2 saturated carbocycles. The van der Waals surface area contributed by atoms with Gasteiger partial charge in [-0.3, -0.25) is 4.79 Å². The van der Waals surface area contributed by atoms with Gasteiger partial charge in [-0.05, 0) is 37.5 Å². The Bertz CT molecular complexity index is 206. The minimum Gasteiger partial charge on any atom is -0.352 e. The summed E-state index contributed by atoms with van der Waals surface area (Å²) in [6.45, 7) is 0. The zero-order valence-corrected chi connectivity index (χ0v) is 6.55. The molecule has 1 saturated heterocycles. The molecule has 2 nitrogen and oxygen atoms in total. The number of rotatable bonds is 2. The molecule has 0 aromatic heterocycles. The fourth-order valence-corrected chi connectivity index (χ4v) is 2.25. The molecule has 1 amide bonds. The van der Waals surface area contributed by atoms with Gasteiger partial charge in [0.2, 0.25) is 5.91 Å². The molecular formula is C9H13NO. The first-order chi connectivity index (χ1) is 5.36. The molecule has 0 spiro atoms. The molecule has 3 aliphatic rings. The van der Waals surface area contributed by atoms with Crippen molar-refractivity contribution in [2.24, 2.45) is 17.8 Å². The van der Waals surface area contributed by atoms with Crippen molar-refractivity contribution in [2.45, 2.75) is 31.7 Å². The topological polar surface area (TPSA) is 29.1 Å². The van der Waals surface area contributed by atoms with Gasteiger partial charge in [0.05, 0.1) is 5.92 Å². The number of carbonyl (C=O) groups is 1. The van der Waals surface area contributed by atoms with Crippen molar-refractivity contribution in [3.63, 3.8) is 0 Å². The Morgan fingerprint density at radius 3 is 2.18 bits per heavy atom. The summed E-state index contributed by atoms with van der Waals surface area (Å²) in [5, 5.41) is 3.04. The first kappa shape index (κ1) is 6.04. The van der Waals surface area contributed by atoms with Gasteiger partial charge in [-0.2, -0.15) is 0 Å². The van der Waals surface area contributed by atoms with Gasteiger partial charge in [0.15, 0.2) is 0 Å². The largest absolute Gasteiger partial charge is 0.352 e. The molecule has 2 atom stereocenters. The molecule has 3 fully saturated rings. The van der Waals surface area contributed by atoms with E-state index < -0.39 is 0 Å². The van der Waals surface area contributed by atoms with Crippen molar-refractivity contribution in [1.82, 2.24) is 5.32 Å². The van der Waals surface area contributed by atoms with Crippen molar-refractivity contribution < 1.29 is 4.79 Å². The molecule has 0 bridgehead atoms. The quantitative estimate of drug-likeness (QED) is 0.584. The lowest BCUT2D eigenvalue weighted by atomic mass is 9.83. The molecule has 3 rings (SSSR count). The minimum absolute atomic E-state index is 0.337. The van der Waals surface area contributed by atoms with Crippen LogP contribution in [0.15, 0.2) is 0 Å². The summed E-state index contributed by atoms with van der Waals surface area (Å²) in [7, 11) is 0. The highest BCUT2D eigenvalue weighted by atomic mass is 16.2. The van der Waals surface area contributed by atoms with Crippen LogP contribution in [-0.4, -0.2) is 11.9 Å². The summed E-state index contributed by atoms with van der Waals surface area (Å²) in [6.07, 6.45) is 5.32. The van der Waals surface area contributed by atoms with Crippen molar-refractivity contribution >= 4 is 5.91 Å². The van der Waals surface area contributed by atoms with E-state index in [1.165, 1.54) is 25.7 Å². The third-order valence-corrected chi connectivity index (χ3v) is 3.26. The minimum atomic E-state index is 0.337. The van der Waals surface area contributed by atoms with E-state index in [0.717, 1.165) is 11.8 Å². The van der Waals surface area contributed by atoms with Gasteiger partial charge in [-0.25, -0.2) is 0 Å². The van der Waals surface area contributed by atoms with Crippen molar-refractivity contribution in [3.05, 3.63) is 0 Å². The van der Waals surface area contributed by atoms with Gasteiger partial charge in [0.1, 0.15) is 0 Å². The Labute approximate surface area is 66.4 Å². The standard InChI is InChI=1S/C9H13NO/c11-9-7(5-1-2-5)8(10-9)6-3-4-6/h5-8H,1-4H2,(H,10,11)/t7-,8+/m1/s1. The van der Waals surface area contributed by atoms with Gasteiger partial charge in [-0.15, -0.1) is 0 Å². The number of hydrogen-bond donors (Lipinski definition) is 1. The van der Waals surface area contributed by atoms with Crippen molar-refractivity contribution in [3.8, 4) is 0 Å². The second-order valence-electron chi connectivity index (χ2n) is 4.24. The highest BCUT2D eigenvalue weighted by molar-refractivity contribution is 5.86. The Morgan fingerprint density at radius 1 is 1.09 bits per heavy atom. The van der Waals surface area contributed by atoms with Crippen LogP contribution in [0.3, 0.4) is 0 Å². The first-order valence-electron chi connectivity index (χ1n) is 4.66. The Kier molecular flexibility index (Phi) is 0.984. The summed E-state index contributed by atoms with van der Waals surface area (Å²) in [4.78, 5) is 11.1. The molecule has 0 aromatic carbocycles. The maximum Gasteiger partial charge on any atom is 0.225 e.